The molecule has 0 bridgehead atoms. The van der Waals surface area contributed by atoms with E-state index < -0.39 is 5.82 Å². The molecule has 5 heteroatoms. The number of benzene rings is 1. The third-order valence-electron chi connectivity index (χ3n) is 2.87. The van der Waals surface area contributed by atoms with Crippen LogP contribution >= 0.6 is 0 Å². The van der Waals surface area contributed by atoms with Crippen LogP contribution in [-0.2, 0) is 4.79 Å². The molecule has 4 nitrogen and oxygen atoms in total. The Kier molecular flexibility index (Phi) is 5.09. The quantitative estimate of drug-likeness (QED) is 0.871. The molecule has 0 heterocycles. The molecule has 1 aromatic carbocycles. The van der Waals surface area contributed by atoms with E-state index in [-0.39, 0.29) is 17.6 Å². The summed E-state index contributed by atoms with van der Waals surface area (Å²) in [6.45, 7) is 2.27. The molecule has 1 unspecified atom stereocenters. The van der Waals surface area contributed by atoms with Gasteiger partial charge >= 0.3 is 0 Å². The predicted molar refractivity (Wildman–Crippen MR) is 69.2 cm³/mol. The van der Waals surface area contributed by atoms with Gasteiger partial charge in [-0.2, -0.15) is 0 Å². The molecule has 0 aliphatic rings. The van der Waals surface area contributed by atoms with Crippen LogP contribution in [0.5, 0.6) is 5.75 Å². The molecular weight excluding hydrogens is 235 g/mol. The SMILES string of the molecule is COc1ccc(N(C)C(=O)C(C)CCN)cc1F. The molecule has 1 amide bonds. The molecule has 1 atom stereocenters. The Morgan fingerprint density at radius 1 is 1.56 bits per heavy atom. The summed E-state index contributed by atoms with van der Waals surface area (Å²) in [6.07, 6.45) is 0.613. The largest absolute Gasteiger partial charge is 0.494 e. The molecule has 0 aliphatic heterocycles. The van der Waals surface area contributed by atoms with E-state index in [2.05, 4.69) is 0 Å². The number of ether oxygens (including phenoxy) is 1. The van der Waals surface area contributed by atoms with Crippen molar-refractivity contribution in [3.05, 3.63) is 24.0 Å². The Hall–Kier alpha value is -1.62. The zero-order chi connectivity index (χ0) is 13.7. The second kappa shape index (κ2) is 6.35. The van der Waals surface area contributed by atoms with Crippen molar-refractivity contribution in [2.24, 2.45) is 11.7 Å². The van der Waals surface area contributed by atoms with Crippen molar-refractivity contribution < 1.29 is 13.9 Å². The fourth-order valence-electron chi connectivity index (χ4n) is 1.70. The van der Waals surface area contributed by atoms with Crippen molar-refractivity contribution in [3.63, 3.8) is 0 Å². The fraction of sp³-hybridized carbons (Fsp3) is 0.462. The van der Waals surface area contributed by atoms with Crippen LogP contribution in [0.1, 0.15) is 13.3 Å². The molecule has 1 aromatic rings. The second-order valence-electron chi connectivity index (χ2n) is 4.19. The lowest BCUT2D eigenvalue weighted by atomic mass is 10.1. The zero-order valence-electron chi connectivity index (χ0n) is 10.9. The topological polar surface area (TPSA) is 55.6 Å². The molecule has 0 spiro atoms. The Morgan fingerprint density at radius 2 is 2.22 bits per heavy atom. The van der Waals surface area contributed by atoms with E-state index in [1.807, 2.05) is 6.92 Å². The first-order chi connectivity index (χ1) is 8.51. The highest BCUT2D eigenvalue weighted by atomic mass is 19.1. The number of halogens is 1. The molecule has 0 saturated carbocycles. The van der Waals surface area contributed by atoms with Gasteiger partial charge in [0.05, 0.1) is 7.11 Å². The molecule has 1 rings (SSSR count). The molecule has 0 aromatic heterocycles. The number of methoxy groups -OCH3 is 1. The predicted octanol–water partition coefficient (Wildman–Crippen LogP) is 1.78. The summed E-state index contributed by atoms with van der Waals surface area (Å²) < 4.78 is 18.4. The van der Waals surface area contributed by atoms with E-state index in [1.54, 1.807) is 13.1 Å². The number of carbonyl (C=O) groups excluding carboxylic acids is 1. The Bertz CT molecular complexity index is 423. The average molecular weight is 254 g/mol. The van der Waals surface area contributed by atoms with Gasteiger partial charge in [-0.3, -0.25) is 4.79 Å². The summed E-state index contributed by atoms with van der Waals surface area (Å²) in [4.78, 5) is 13.4. The van der Waals surface area contributed by atoms with Crippen molar-refractivity contribution >= 4 is 11.6 Å². The lowest BCUT2D eigenvalue weighted by Crippen LogP contribution is -2.32. The van der Waals surface area contributed by atoms with Gasteiger partial charge in [0, 0.05) is 24.7 Å². The van der Waals surface area contributed by atoms with E-state index in [0.29, 0.717) is 18.7 Å². The van der Waals surface area contributed by atoms with Crippen LogP contribution in [0, 0.1) is 11.7 Å². The van der Waals surface area contributed by atoms with E-state index in [9.17, 15) is 9.18 Å². The maximum atomic E-state index is 13.5. The number of nitrogens with zero attached hydrogens (tertiary/aromatic N) is 1. The first kappa shape index (κ1) is 14.4. The molecule has 100 valence electrons. The van der Waals surface area contributed by atoms with Crippen LogP contribution in [0.15, 0.2) is 18.2 Å². The summed E-state index contributed by atoms with van der Waals surface area (Å²) in [5.74, 6) is -0.578. The summed E-state index contributed by atoms with van der Waals surface area (Å²) in [5.41, 5.74) is 5.92. The van der Waals surface area contributed by atoms with Gasteiger partial charge in [-0.25, -0.2) is 4.39 Å². The van der Waals surface area contributed by atoms with Crippen LogP contribution in [-0.4, -0.2) is 26.6 Å². The van der Waals surface area contributed by atoms with E-state index in [1.165, 1.54) is 24.1 Å². The Morgan fingerprint density at radius 3 is 2.72 bits per heavy atom. The standard InChI is InChI=1S/C13H19FN2O2/c1-9(6-7-15)13(17)16(2)10-4-5-12(18-3)11(14)8-10/h4-5,8-9H,6-7,15H2,1-3H3. The van der Waals surface area contributed by atoms with Crippen LogP contribution in [0.4, 0.5) is 10.1 Å². The average Bonchev–Trinajstić information content (AvgIpc) is 2.37. The summed E-state index contributed by atoms with van der Waals surface area (Å²) >= 11 is 0. The maximum Gasteiger partial charge on any atom is 0.229 e. The molecule has 0 fully saturated rings. The minimum absolute atomic E-state index is 0.0787. The minimum Gasteiger partial charge on any atom is -0.494 e. The van der Waals surface area contributed by atoms with E-state index >= 15 is 0 Å². The third-order valence-corrected chi connectivity index (χ3v) is 2.87. The highest BCUT2D eigenvalue weighted by Gasteiger charge is 2.18. The number of anilines is 1. The first-order valence-corrected chi connectivity index (χ1v) is 5.82. The van der Waals surface area contributed by atoms with Gasteiger partial charge in [0.15, 0.2) is 11.6 Å². The number of rotatable bonds is 5. The highest BCUT2D eigenvalue weighted by molar-refractivity contribution is 5.94. The van der Waals surface area contributed by atoms with Crippen molar-refractivity contribution in [1.29, 1.82) is 0 Å². The van der Waals surface area contributed by atoms with Crippen LogP contribution in [0.25, 0.3) is 0 Å². The Labute approximate surface area is 107 Å². The second-order valence-corrected chi connectivity index (χ2v) is 4.19. The number of amides is 1. The summed E-state index contributed by atoms with van der Waals surface area (Å²) in [5, 5.41) is 0. The molecule has 0 aliphatic carbocycles. The van der Waals surface area contributed by atoms with Gasteiger partial charge in [0.2, 0.25) is 5.91 Å². The summed E-state index contributed by atoms with van der Waals surface area (Å²) in [6, 6.07) is 4.43. The van der Waals surface area contributed by atoms with Crippen LogP contribution in [0.3, 0.4) is 0 Å². The molecule has 0 radical (unpaired) electrons. The van der Waals surface area contributed by atoms with Gasteiger partial charge in [-0.05, 0) is 25.1 Å². The van der Waals surface area contributed by atoms with Crippen molar-refractivity contribution in [3.8, 4) is 5.75 Å². The van der Waals surface area contributed by atoms with E-state index in [4.69, 9.17) is 10.5 Å². The van der Waals surface area contributed by atoms with Crippen molar-refractivity contribution in [2.75, 3.05) is 25.6 Å². The van der Waals surface area contributed by atoms with Crippen LogP contribution in [0.2, 0.25) is 0 Å². The lowest BCUT2D eigenvalue weighted by molar-refractivity contribution is -0.121. The van der Waals surface area contributed by atoms with Gasteiger partial charge in [-0.15, -0.1) is 0 Å². The van der Waals surface area contributed by atoms with Crippen LogP contribution < -0.4 is 15.4 Å². The van der Waals surface area contributed by atoms with Gasteiger partial charge < -0.3 is 15.4 Å². The smallest absolute Gasteiger partial charge is 0.229 e. The first-order valence-electron chi connectivity index (χ1n) is 5.82. The van der Waals surface area contributed by atoms with Crippen molar-refractivity contribution in [1.82, 2.24) is 0 Å². The number of hydrogen-bond donors (Lipinski definition) is 1. The highest BCUT2D eigenvalue weighted by Crippen LogP contribution is 2.24. The van der Waals surface area contributed by atoms with Gasteiger partial charge in [-0.1, -0.05) is 6.92 Å². The number of carbonyl (C=O) groups is 1. The third kappa shape index (κ3) is 3.20. The maximum absolute atomic E-state index is 13.5. The molecule has 18 heavy (non-hydrogen) atoms. The van der Waals surface area contributed by atoms with E-state index in [0.717, 1.165) is 0 Å². The fourth-order valence-corrected chi connectivity index (χ4v) is 1.70. The normalized spacial score (nSPS) is 12.1. The monoisotopic (exact) mass is 254 g/mol. The van der Waals surface area contributed by atoms with Gasteiger partial charge in [0.1, 0.15) is 0 Å². The Balaban J connectivity index is 2.87. The zero-order valence-corrected chi connectivity index (χ0v) is 10.9. The van der Waals surface area contributed by atoms with Crippen molar-refractivity contribution in [2.45, 2.75) is 13.3 Å². The summed E-state index contributed by atoms with van der Waals surface area (Å²) in [7, 11) is 3.02. The minimum atomic E-state index is -0.485. The lowest BCUT2D eigenvalue weighted by Gasteiger charge is -2.21. The van der Waals surface area contributed by atoms with Gasteiger partial charge in [0.25, 0.3) is 0 Å². The number of nitrogens with two attached hydrogens (primary N) is 1. The molecule has 0 saturated heterocycles. The molecule has 2 N–H and O–H groups in total. The number of hydrogen-bond acceptors (Lipinski definition) is 3. The molecular formula is C13H19FN2O2.